The van der Waals surface area contributed by atoms with Crippen LogP contribution in [-0.2, 0) is 9.84 Å². The Hall–Kier alpha value is -3.17. The van der Waals surface area contributed by atoms with Gasteiger partial charge in [0.2, 0.25) is 9.84 Å². The van der Waals surface area contributed by atoms with E-state index in [0.717, 1.165) is 6.07 Å². The highest BCUT2D eigenvalue weighted by Crippen LogP contribution is 2.36. The molecule has 0 aliphatic heterocycles. The number of nitrogen functional groups attached to an aromatic ring is 1. The molecule has 0 saturated carbocycles. The Balaban J connectivity index is 1.92. The molecule has 0 atom stereocenters. The Kier molecular flexibility index (Phi) is 4.64. The van der Waals surface area contributed by atoms with Gasteiger partial charge in [-0.15, -0.1) is 0 Å². The standard InChI is InChI=1S/C19H15ClFN5O2S/c1-10-23-15-16(19(24-10)25-12-8-6-11(20)7-9-12)26-18(22)17(15)29(27,28)14-5-3-2-4-13(14)21/h2-9,26H,22H2,1H3,(H,23,24,25). The number of aromatic nitrogens is 3. The molecule has 0 saturated heterocycles. The van der Waals surface area contributed by atoms with E-state index in [2.05, 4.69) is 20.3 Å². The third kappa shape index (κ3) is 3.39. The monoisotopic (exact) mass is 431 g/mol. The molecule has 4 N–H and O–H groups in total. The average Bonchev–Trinajstić information content (AvgIpc) is 3.00. The lowest BCUT2D eigenvalue weighted by molar-refractivity contribution is 0.567. The van der Waals surface area contributed by atoms with Crippen molar-refractivity contribution in [3.05, 3.63) is 65.2 Å². The molecule has 0 radical (unpaired) electrons. The van der Waals surface area contributed by atoms with E-state index in [1.165, 1.54) is 18.2 Å². The minimum atomic E-state index is -4.26. The molecule has 2 aromatic carbocycles. The van der Waals surface area contributed by atoms with E-state index in [0.29, 0.717) is 22.4 Å². The molecule has 2 heterocycles. The van der Waals surface area contributed by atoms with E-state index < -0.39 is 20.5 Å². The van der Waals surface area contributed by atoms with Gasteiger partial charge in [-0.25, -0.2) is 22.8 Å². The number of benzene rings is 2. The summed E-state index contributed by atoms with van der Waals surface area (Å²) < 4.78 is 40.5. The summed E-state index contributed by atoms with van der Waals surface area (Å²) in [5.74, 6) is -0.372. The van der Waals surface area contributed by atoms with Crippen LogP contribution >= 0.6 is 11.6 Å². The molecule has 2 aromatic heterocycles. The van der Waals surface area contributed by atoms with Crippen LogP contribution in [0.2, 0.25) is 5.02 Å². The van der Waals surface area contributed by atoms with Crippen LogP contribution in [0, 0.1) is 12.7 Å². The van der Waals surface area contributed by atoms with Crippen molar-refractivity contribution < 1.29 is 12.8 Å². The summed E-state index contributed by atoms with van der Waals surface area (Å²) in [6, 6.07) is 12.0. The van der Waals surface area contributed by atoms with Crippen LogP contribution in [0.4, 0.5) is 21.7 Å². The second-order valence-corrected chi connectivity index (χ2v) is 8.57. The number of anilines is 3. The molecule has 148 valence electrons. The number of nitrogens with one attached hydrogen (secondary N) is 2. The lowest BCUT2D eigenvalue weighted by Crippen LogP contribution is -2.07. The van der Waals surface area contributed by atoms with Crippen LogP contribution < -0.4 is 11.1 Å². The van der Waals surface area contributed by atoms with Crippen LogP contribution in [-0.4, -0.2) is 23.4 Å². The average molecular weight is 432 g/mol. The second kappa shape index (κ2) is 7.02. The Labute approximate surface area is 170 Å². The summed E-state index contributed by atoms with van der Waals surface area (Å²) in [5.41, 5.74) is 7.04. The molecule has 4 rings (SSSR count). The van der Waals surface area contributed by atoms with Crippen molar-refractivity contribution in [1.29, 1.82) is 0 Å². The van der Waals surface area contributed by atoms with Gasteiger partial charge in [0, 0.05) is 10.7 Å². The maximum absolute atomic E-state index is 14.2. The highest BCUT2D eigenvalue weighted by atomic mass is 35.5. The normalized spacial score (nSPS) is 11.7. The van der Waals surface area contributed by atoms with E-state index in [1.807, 2.05) is 0 Å². The topological polar surface area (TPSA) is 114 Å². The first-order chi connectivity index (χ1) is 13.8. The number of nitrogens with two attached hydrogens (primary N) is 1. The van der Waals surface area contributed by atoms with Gasteiger partial charge in [-0.1, -0.05) is 23.7 Å². The number of rotatable bonds is 4. The summed E-state index contributed by atoms with van der Waals surface area (Å²) in [6.07, 6.45) is 0. The number of aromatic amines is 1. The first-order valence-electron chi connectivity index (χ1n) is 8.45. The van der Waals surface area contributed by atoms with Crippen LogP contribution in [0.15, 0.2) is 58.3 Å². The zero-order valence-electron chi connectivity index (χ0n) is 15.1. The molecule has 0 bridgehead atoms. The molecular weight excluding hydrogens is 417 g/mol. The van der Waals surface area contributed by atoms with E-state index in [-0.39, 0.29) is 21.7 Å². The zero-order chi connectivity index (χ0) is 20.8. The number of sulfone groups is 1. The van der Waals surface area contributed by atoms with Gasteiger partial charge >= 0.3 is 0 Å². The lowest BCUT2D eigenvalue weighted by atomic mass is 10.3. The Bertz CT molecular complexity index is 1340. The van der Waals surface area contributed by atoms with Crippen molar-refractivity contribution in [2.45, 2.75) is 16.7 Å². The van der Waals surface area contributed by atoms with Crippen molar-refractivity contribution >= 4 is 49.8 Å². The van der Waals surface area contributed by atoms with Gasteiger partial charge in [0.25, 0.3) is 0 Å². The quantitative estimate of drug-likeness (QED) is 0.446. The molecule has 0 amide bonds. The number of H-pyrrole nitrogens is 1. The minimum absolute atomic E-state index is 0.0784. The third-order valence-electron chi connectivity index (χ3n) is 4.24. The van der Waals surface area contributed by atoms with E-state index in [9.17, 15) is 12.8 Å². The maximum Gasteiger partial charge on any atom is 0.215 e. The van der Waals surface area contributed by atoms with Crippen LogP contribution in [0.3, 0.4) is 0 Å². The van der Waals surface area contributed by atoms with Gasteiger partial charge in [-0.05, 0) is 43.3 Å². The predicted octanol–water partition coefficient (Wildman–Crippen LogP) is 4.22. The smallest absolute Gasteiger partial charge is 0.215 e. The summed E-state index contributed by atoms with van der Waals surface area (Å²) in [5, 5.41) is 3.66. The SMILES string of the molecule is Cc1nc(Nc2ccc(Cl)cc2)c2[nH]c(N)c(S(=O)(=O)c3ccccc3F)c2n1. The number of nitrogens with zero attached hydrogens (tertiary/aromatic N) is 2. The second-order valence-electron chi connectivity index (χ2n) is 6.28. The first kappa shape index (κ1) is 19.2. The maximum atomic E-state index is 14.2. The van der Waals surface area contributed by atoms with Gasteiger partial charge < -0.3 is 16.0 Å². The summed E-state index contributed by atoms with van der Waals surface area (Å²) in [4.78, 5) is 10.6. The number of aryl methyl sites for hydroxylation is 1. The molecule has 4 aromatic rings. The molecule has 7 nitrogen and oxygen atoms in total. The number of fused-ring (bicyclic) bond motifs is 1. The summed E-state index contributed by atoms with van der Waals surface area (Å²) in [7, 11) is -4.26. The molecule has 29 heavy (non-hydrogen) atoms. The van der Waals surface area contributed by atoms with E-state index in [1.54, 1.807) is 31.2 Å². The van der Waals surface area contributed by atoms with Gasteiger partial charge in [0.1, 0.15) is 38.3 Å². The molecule has 0 spiro atoms. The van der Waals surface area contributed by atoms with Gasteiger partial charge in [0.05, 0.1) is 0 Å². The van der Waals surface area contributed by atoms with Gasteiger partial charge in [-0.2, -0.15) is 0 Å². The molecule has 0 aliphatic rings. The fraction of sp³-hybridized carbons (Fsp3) is 0.0526. The van der Waals surface area contributed by atoms with Crippen LogP contribution in [0.1, 0.15) is 5.82 Å². The molecular formula is C19H15ClFN5O2S. The summed E-state index contributed by atoms with van der Waals surface area (Å²) in [6.45, 7) is 1.62. The predicted molar refractivity (Wildman–Crippen MR) is 110 cm³/mol. The Morgan fingerprint density at radius 1 is 1.10 bits per heavy atom. The van der Waals surface area contributed by atoms with Gasteiger partial charge in [-0.3, -0.25) is 0 Å². The van der Waals surface area contributed by atoms with Crippen molar-refractivity contribution in [1.82, 2.24) is 15.0 Å². The summed E-state index contributed by atoms with van der Waals surface area (Å²) >= 11 is 5.91. The molecule has 0 aliphatic carbocycles. The number of hydrogen-bond acceptors (Lipinski definition) is 6. The van der Waals surface area contributed by atoms with Crippen LogP contribution in [0.5, 0.6) is 0 Å². The van der Waals surface area contributed by atoms with E-state index >= 15 is 0 Å². The fourth-order valence-corrected chi connectivity index (χ4v) is 4.65. The number of halogens is 2. The lowest BCUT2D eigenvalue weighted by Gasteiger charge is -2.08. The zero-order valence-corrected chi connectivity index (χ0v) is 16.6. The number of hydrogen-bond donors (Lipinski definition) is 3. The largest absolute Gasteiger partial charge is 0.384 e. The van der Waals surface area contributed by atoms with Crippen molar-refractivity contribution in [3.8, 4) is 0 Å². The third-order valence-corrected chi connectivity index (χ3v) is 6.35. The van der Waals surface area contributed by atoms with Crippen molar-refractivity contribution in [2.75, 3.05) is 11.1 Å². The minimum Gasteiger partial charge on any atom is -0.384 e. The molecule has 0 unspecified atom stereocenters. The van der Waals surface area contributed by atoms with Crippen molar-refractivity contribution in [2.24, 2.45) is 0 Å². The van der Waals surface area contributed by atoms with E-state index in [4.69, 9.17) is 17.3 Å². The van der Waals surface area contributed by atoms with Crippen molar-refractivity contribution in [3.63, 3.8) is 0 Å². The first-order valence-corrected chi connectivity index (χ1v) is 10.3. The van der Waals surface area contributed by atoms with Gasteiger partial charge in [0.15, 0.2) is 5.82 Å². The fourth-order valence-electron chi connectivity index (χ4n) is 2.98. The highest BCUT2D eigenvalue weighted by molar-refractivity contribution is 7.92. The highest BCUT2D eigenvalue weighted by Gasteiger charge is 2.30. The Morgan fingerprint density at radius 3 is 2.48 bits per heavy atom. The Morgan fingerprint density at radius 2 is 1.79 bits per heavy atom. The van der Waals surface area contributed by atoms with Crippen LogP contribution in [0.25, 0.3) is 11.0 Å². The molecule has 0 fully saturated rings. The molecule has 10 heteroatoms.